The van der Waals surface area contributed by atoms with E-state index in [1.54, 1.807) is 0 Å². The summed E-state index contributed by atoms with van der Waals surface area (Å²) >= 11 is 0. The van der Waals surface area contributed by atoms with Gasteiger partial charge in [-0.3, -0.25) is 4.79 Å². The Labute approximate surface area is 138 Å². The van der Waals surface area contributed by atoms with Crippen molar-refractivity contribution < 1.29 is 4.79 Å². The Morgan fingerprint density at radius 3 is 2.87 bits per heavy atom. The van der Waals surface area contributed by atoms with Gasteiger partial charge < -0.3 is 10.3 Å². The fraction of sp³-hybridized carbons (Fsp3) is 0.550. The topological polar surface area (TPSA) is 44.9 Å². The van der Waals surface area contributed by atoms with E-state index in [2.05, 4.69) is 28.5 Å². The quantitative estimate of drug-likeness (QED) is 0.814. The molecule has 3 nitrogen and oxygen atoms in total. The first-order valence-electron chi connectivity index (χ1n) is 9.06. The van der Waals surface area contributed by atoms with E-state index in [1.807, 2.05) is 19.2 Å². The number of hydrogen-bond acceptors (Lipinski definition) is 1. The Morgan fingerprint density at radius 2 is 2.04 bits per heavy atom. The predicted octanol–water partition coefficient (Wildman–Crippen LogP) is 4.43. The highest BCUT2D eigenvalue weighted by Crippen LogP contribution is 2.26. The standard InChI is InChI=1S/C20H28N2O/c1-15(13-17-14-22-19-10-6-5-9-18(17)19)20(23)21-12-11-16-7-3-2-4-8-16/h5-6,9-10,14-16,22H,2-4,7-8,11-13H2,1H3,(H,21,23). The van der Waals surface area contributed by atoms with Crippen LogP contribution in [-0.4, -0.2) is 17.4 Å². The summed E-state index contributed by atoms with van der Waals surface area (Å²) in [6.45, 7) is 2.86. The van der Waals surface area contributed by atoms with E-state index in [-0.39, 0.29) is 11.8 Å². The molecule has 1 amide bonds. The summed E-state index contributed by atoms with van der Waals surface area (Å²) in [7, 11) is 0. The number of carbonyl (C=O) groups is 1. The van der Waals surface area contributed by atoms with Gasteiger partial charge in [-0.25, -0.2) is 0 Å². The van der Waals surface area contributed by atoms with Gasteiger partial charge in [0.15, 0.2) is 0 Å². The Morgan fingerprint density at radius 1 is 1.26 bits per heavy atom. The Bertz CT molecular complexity index is 640. The zero-order valence-electron chi connectivity index (χ0n) is 14.1. The van der Waals surface area contributed by atoms with Crippen LogP contribution in [0.25, 0.3) is 10.9 Å². The predicted molar refractivity (Wildman–Crippen MR) is 95.4 cm³/mol. The molecule has 1 aliphatic rings. The van der Waals surface area contributed by atoms with Gasteiger partial charge >= 0.3 is 0 Å². The summed E-state index contributed by atoms with van der Waals surface area (Å²) in [5.74, 6) is 1.03. The number of aromatic nitrogens is 1. The Hall–Kier alpha value is -1.77. The molecule has 1 saturated carbocycles. The average Bonchev–Trinajstić information content (AvgIpc) is 2.99. The summed E-state index contributed by atoms with van der Waals surface area (Å²) in [5, 5.41) is 4.37. The number of amides is 1. The molecule has 3 rings (SSSR count). The van der Waals surface area contributed by atoms with E-state index >= 15 is 0 Å². The molecule has 0 saturated heterocycles. The van der Waals surface area contributed by atoms with Gasteiger partial charge in [-0.1, -0.05) is 57.2 Å². The molecule has 1 aromatic carbocycles. The smallest absolute Gasteiger partial charge is 0.223 e. The minimum absolute atomic E-state index is 0.0144. The minimum atomic E-state index is 0.0144. The van der Waals surface area contributed by atoms with Crippen LogP contribution in [0.2, 0.25) is 0 Å². The maximum atomic E-state index is 12.3. The van der Waals surface area contributed by atoms with Crippen molar-refractivity contribution in [3.63, 3.8) is 0 Å². The molecule has 1 aromatic heterocycles. The average molecular weight is 312 g/mol. The summed E-state index contributed by atoms with van der Waals surface area (Å²) in [6, 6.07) is 8.28. The van der Waals surface area contributed by atoms with E-state index in [0.717, 1.165) is 30.8 Å². The summed E-state index contributed by atoms with van der Waals surface area (Å²) in [5.41, 5.74) is 2.38. The van der Waals surface area contributed by atoms with Gasteiger partial charge in [0.25, 0.3) is 0 Å². The number of hydrogen-bond donors (Lipinski definition) is 2. The number of H-pyrrole nitrogens is 1. The second-order valence-electron chi connectivity index (χ2n) is 7.05. The first kappa shape index (κ1) is 16.1. The molecule has 3 heteroatoms. The maximum absolute atomic E-state index is 12.3. The van der Waals surface area contributed by atoms with Crippen molar-refractivity contribution in [3.05, 3.63) is 36.0 Å². The monoisotopic (exact) mass is 312 g/mol. The molecule has 0 aliphatic heterocycles. The van der Waals surface area contributed by atoms with E-state index in [1.165, 1.54) is 43.1 Å². The van der Waals surface area contributed by atoms with Gasteiger partial charge in [0.2, 0.25) is 5.91 Å². The third kappa shape index (κ3) is 4.15. The molecule has 124 valence electrons. The van der Waals surface area contributed by atoms with Crippen molar-refractivity contribution in [3.8, 4) is 0 Å². The molecule has 1 fully saturated rings. The zero-order chi connectivity index (χ0) is 16.1. The van der Waals surface area contributed by atoms with Gasteiger partial charge in [-0.2, -0.15) is 0 Å². The lowest BCUT2D eigenvalue weighted by molar-refractivity contribution is -0.124. The largest absolute Gasteiger partial charge is 0.361 e. The van der Waals surface area contributed by atoms with E-state index in [9.17, 15) is 4.79 Å². The highest BCUT2D eigenvalue weighted by atomic mass is 16.1. The molecular weight excluding hydrogens is 284 g/mol. The van der Waals surface area contributed by atoms with Crippen LogP contribution in [0, 0.1) is 11.8 Å². The third-order valence-corrected chi connectivity index (χ3v) is 5.23. The van der Waals surface area contributed by atoms with Gasteiger partial charge in [-0.05, 0) is 30.4 Å². The Balaban J connectivity index is 1.47. The van der Waals surface area contributed by atoms with Gasteiger partial charge in [0.05, 0.1) is 0 Å². The molecule has 2 N–H and O–H groups in total. The van der Waals surface area contributed by atoms with Crippen molar-refractivity contribution in [1.29, 1.82) is 0 Å². The SMILES string of the molecule is CC(Cc1c[nH]c2ccccc12)C(=O)NCCC1CCCCC1. The van der Waals surface area contributed by atoms with Crippen LogP contribution >= 0.6 is 0 Å². The number of para-hydroxylation sites is 1. The van der Waals surface area contributed by atoms with Crippen LogP contribution in [0.3, 0.4) is 0 Å². The number of benzene rings is 1. The molecule has 0 spiro atoms. The summed E-state index contributed by atoms with van der Waals surface area (Å²) in [4.78, 5) is 15.6. The number of nitrogens with one attached hydrogen (secondary N) is 2. The number of rotatable bonds is 6. The lowest BCUT2D eigenvalue weighted by atomic mass is 9.87. The van der Waals surface area contributed by atoms with Gasteiger partial charge in [0, 0.05) is 29.6 Å². The third-order valence-electron chi connectivity index (χ3n) is 5.23. The van der Waals surface area contributed by atoms with Crippen LogP contribution in [-0.2, 0) is 11.2 Å². The molecule has 0 bridgehead atoms. The molecule has 2 aromatic rings. The molecule has 1 heterocycles. The lowest BCUT2D eigenvalue weighted by Crippen LogP contribution is -2.32. The van der Waals surface area contributed by atoms with E-state index < -0.39 is 0 Å². The summed E-state index contributed by atoms with van der Waals surface area (Å²) < 4.78 is 0. The molecule has 1 unspecified atom stereocenters. The first-order chi connectivity index (χ1) is 11.2. The number of aromatic amines is 1. The maximum Gasteiger partial charge on any atom is 0.223 e. The number of carbonyl (C=O) groups excluding carboxylic acids is 1. The second-order valence-corrected chi connectivity index (χ2v) is 7.05. The first-order valence-corrected chi connectivity index (χ1v) is 9.06. The second kappa shape index (κ2) is 7.67. The summed E-state index contributed by atoms with van der Waals surface area (Å²) in [6.07, 6.45) is 10.8. The molecule has 0 radical (unpaired) electrons. The van der Waals surface area contributed by atoms with Crippen molar-refractivity contribution in [2.24, 2.45) is 11.8 Å². The fourth-order valence-corrected chi connectivity index (χ4v) is 3.77. The highest BCUT2D eigenvalue weighted by molar-refractivity contribution is 5.84. The van der Waals surface area contributed by atoms with Crippen LogP contribution in [0.4, 0.5) is 0 Å². The van der Waals surface area contributed by atoms with Gasteiger partial charge in [-0.15, -0.1) is 0 Å². The molecule has 1 atom stereocenters. The van der Waals surface area contributed by atoms with Crippen LogP contribution in [0.15, 0.2) is 30.5 Å². The van der Waals surface area contributed by atoms with Crippen molar-refractivity contribution in [2.75, 3.05) is 6.54 Å². The normalized spacial score (nSPS) is 17.3. The fourth-order valence-electron chi connectivity index (χ4n) is 3.77. The Kier molecular flexibility index (Phi) is 5.37. The van der Waals surface area contributed by atoms with Crippen molar-refractivity contribution in [2.45, 2.75) is 51.9 Å². The molecule has 1 aliphatic carbocycles. The highest BCUT2D eigenvalue weighted by Gasteiger charge is 2.17. The van der Waals surface area contributed by atoms with Crippen LogP contribution < -0.4 is 5.32 Å². The minimum Gasteiger partial charge on any atom is -0.361 e. The zero-order valence-corrected chi connectivity index (χ0v) is 14.1. The van der Waals surface area contributed by atoms with Crippen LogP contribution in [0.5, 0.6) is 0 Å². The lowest BCUT2D eigenvalue weighted by Gasteiger charge is -2.21. The van der Waals surface area contributed by atoms with Crippen molar-refractivity contribution >= 4 is 16.8 Å². The van der Waals surface area contributed by atoms with E-state index in [0.29, 0.717) is 0 Å². The van der Waals surface area contributed by atoms with Crippen molar-refractivity contribution in [1.82, 2.24) is 10.3 Å². The molecule has 23 heavy (non-hydrogen) atoms. The molecular formula is C20H28N2O. The van der Waals surface area contributed by atoms with Gasteiger partial charge in [0.1, 0.15) is 0 Å². The number of fused-ring (bicyclic) bond motifs is 1. The van der Waals surface area contributed by atoms with E-state index in [4.69, 9.17) is 0 Å². The van der Waals surface area contributed by atoms with Crippen LogP contribution in [0.1, 0.15) is 51.0 Å².